The van der Waals surface area contributed by atoms with Crippen LogP contribution in [0.25, 0.3) is 11.1 Å². The highest BCUT2D eigenvalue weighted by Crippen LogP contribution is 2.34. The fourth-order valence-electron chi connectivity index (χ4n) is 5.99. The Morgan fingerprint density at radius 1 is 1.00 bits per heavy atom. The molecule has 3 aromatic carbocycles. The van der Waals surface area contributed by atoms with Gasteiger partial charge in [-0.3, -0.25) is 4.79 Å². The van der Waals surface area contributed by atoms with Crippen LogP contribution in [-0.4, -0.2) is 64.8 Å². The maximum atomic E-state index is 14.9. The molecule has 0 spiro atoms. The monoisotopic (exact) mass is 703 g/mol. The zero-order valence-corrected chi connectivity index (χ0v) is 28.9. The Morgan fingerprint density at radius 3 is 2.39 bits per heavy atom. The van der Waals surface area contributed by atoms with Gasteiger partial charge in [0.15, 0.2) is 0 Å². The summed E-state index contributed by atoms with van der Waals surface area (Å²) in [6.45, 7) is 5.01. The number of halogens is 2. The van der Waals surface area contributed by atoms with Crippen LogP contribution in [0.2, 0.25) is 0 Å². The van der Waals surface area contributed by atoms with Gasteiger partial charge >= 0.3 is 6.09 Å². The molecular formula is C39H43F2N3O7. The summed E-state index contributed by atoms with van der Waals surface area (Å²) >= 11 is 0. The van der Waals surface area contributed by atoms with Gasteiger partial charge in [-0.2, -0.15) is 0 Å². The number of hydrogen-bond donors (Lipinski definition) is 4. The second-order valence-corrected chi connectivity index (χ2v) is 13.6. The number of nitrogens with one attached hydrogen (secondary N) is 2. The average molecular weight is 704 g/mol. The predicted octanol–water partition coefficient (Wildman–Crippen LogP) is 5.69. The van der Waals surface area contributed by atoms with Gasteiger partial charge in [0, 0.05) is 29.3 Å². The maximum Gasteiger partial charge on any atom is 0.407 e. The topological polar surface area (TPSA) is 139 Å². The van der Waals surface area contributed by atoms with Crippen LogP contribution in [0, 0.1) is 17.6 Å². The highest BCUT2D eigenvalue weighted by atomic mass is 19.1. The van der Waals surface area contributed by atoms with Crippen LogP contribution < -0.4 is 20.1 Å². The summed E-state index contributed by atoms with van der Waals surface area (Å²) in [5.41, 5.74) is 2.22. The van der Waals surface area contributed by atoms with Gasteiger partial charge in [0.05, 0.1) is 25.3 Å². The van der Waals surface area contributed by atoms with Crippen molar-refractivity contribution < 1.29 is 42.8 Å². The Kier molecular flexibility index (Phi) is 11.9. The summed E-state index contributed by atoms with van der Waals surface area (Å²) in [5, 5.41) is 28.1. The number of hydrogen-bond acceptors (Lipinski definition) is 8. The summed E-state index contributed by atoms with van der Waals surface area (Å²) in [5.74, 6) is -1.94. The molecule has 12 heteroatoms. The van der Waals surface area contributed by atoms with E-state index in [1.165, 1.54) is 30.3 Å². The summed E-state index contributed by atoms with van der Waals surface area (Å²) in [6.07, 6.45) is -1.71. The molecule has 1 aliphatic rings. The van der Waals surface area contributed by atoms with Gasteiger partial charge in [-0.1, -0.05) is 42.5 Å². The van der Waals surface area contributed by atoms with Gasteiger partial charge < -0.3 is 35.1 Å². The van der Waals surface area contributed by atoms with E-state index in [-0.39, 0.29) is 37.0 Å². The number of benzene rings is 3. The highest BCUT2D eigenvalue weighted by molar-refractivity contribution is 5.80. The van der Waals surface area contributed by atoms with Crippen molar-refractivity contribution in [2.75, 3.05) is 13.7 Å². The van der Waals surface area contributed by atoms with Crippen molar-refractivity contribution in [3.8, 4) is 22.8 Å². The van der Waals surface area contributed by atoms with E-state index in [1.807, 2.05) is 30.3 Å². The quantitative estimate of drug-likeness (QED) is 0.148. The first-order chi connectivity index (χ1) is 24.3. The first kappa shape index (κ1) is 37.2. The van der Waals surface area contributed by atoms with Crippen LogP contribution in [0.3, 0.4) is 0 Å². The fraction of sp³-hybridized carbons (Fsp3) is 0.359. The molecule has 0 saturated carbocycles. The largest absolute Gasteiger partial charge is 0.490 e. The molecule has 0 unspecified atom stereocenters. The molecule has 0 fully saturated rings. The number of nitrogens with zero attached hydrogens (tertiary/aromatic N) is 1. The van der Waals surface area contributed by atoms with Gasteiger partial charge in [-0.05, 0) is 87.1 Å². The Hall–Kier alpha value is -5.07. The van der Waals surface area contributed by atoms with E-state index >= 15 is 0 Å². The molecule has 270 valence electrons. The number of rotatable bonds is 12. The Labute approximate surface area is 295 Å². The molecule has 0 aliphatic carbocycles. The van der Waals surface area contributed by atoms with Gasteiger partial charge in [0.1, 0.15) is 35.7 Å². The molecular weight excluding hydrogens is 660 g/mol. The van der Waals surface area contributed by atoms with Crippen molar-refractivity contribution in [2.45, 2.75) is 69.9 Å². The number of ether oxygens (including phenoxy) is 3. The van der Waals surface area contributed by atoms with Crippen molar-refractivity contribution in [2.24, 2.45) is 5.92 Å². The van der Waals surface area contributed by atoms with Crippen molar-refractivity contribution in [3.05, 3.63) is 113 Å². The van der Waals surface area contributed by atoms with E-state index in [0.717, 1.165) is 16.7 Å². The molecule has 0 radical (unpaired) electrons. The number of carbonyl (C=O) groups is 2. The lowest BCUT2D eigenvalue weighted by molar-refractivity contribution is -0.128. The molecule has 5 rings (SSSR count). The lowest BCUT2D eigenvalue weighted by atomic mass is 9.87. The number of methoxy groups -OCH3 is 1. The number of aromatic nitrogens is 1. The SMILES string of the molecule is COc1ccc(-c2ccc(C[C@H](NC(=O)OC(C)(C)C)[C@@H](O)C[C@@H](Cc3ccccc3F)C(=O)N[C@H]3c4cc(F)ccc4OC[C@H]3O)cc2)cn1. The molecule has 0 bridgehead atoms. The van der Waals surface area contributed by atoms with E-state index in [4.69, 9.17) is 14.2 Å². The van der Waals surface area contributed by atoms with E-state index in [9.17, 15) is 28.6 Å². The number of aliphatic hydroxyl groups excluding tert-OH is 2. The van der Waals surface area contributed by atoms with Crippen LogP contribution in [-0.2, 0) is 22.4 Å². The molecule has 5 atom stereocenters. The average Bonchev–Trinajstić information content (AvgIpc) is 3.09. The summed E-state index contributed by atoms with van der Waals surface area (Å²) in [6, 6.07) is 19.0. The third-order valence-electron chi connectivity index (χ3n) is 8.57. The summed E-state index contributed by atoms with van der Waals surface area (Å²) in [4.78, 5) is 31.2. The van der Waals surface area contributed by atoms with Crippen LogP contribution in [0.15, 0.2) is 85.1 Å². The predicted molar refractivity (Wildman–Crippen MR) is 186 cm³/mol. The molecule has 4 aromatic rings. The third-order valence-corrected chi connectivity index (χ3v) is 8.57. The molecule has 4 N–H and O–H groups in total. The lowest BCUT2D eigenvalue weighted by Gasteiger charge is -2.33. The van der Waals surface area contributed by atoms with Gasteiger partial charge in [0.25, 0.3) is 0 Å². The van der Waals surface area contributed by atoms with Crippen molar-refractivity contribution in [1.82, 2.24) is 15.6 Å². The van der Waals surface area contributed by atoms with E-state index in [0.29, 0.717) is 11.6 Å². The van der Waals surface area contributed by atoms with Crippen LogP contribution in [0.5, 0.6) is 11.6 Å². The number of carbonyl (C=O) groups excluding carboxylic acids is 2. The first-order valence-electron chi connectivity index (χ1n) is 16.7. The minimum Gasteiger partial charge on any atom is -0.490 e. The molecule has 51 heavy (non-hydrogen) atoms. The fourth-order valence-corrected chi connectivity index (χ4v) is 5.99. The number of aliphatic hydroxyl groups is 2. The summed E-state index contributed by atoms with van der Waals surface area (Å²) < 4.78 is 45.3. The lowest BCUT2D eigenvalue weighted by Crippen LogP contribution is -2.49. The third kappa shape index (κ3) is 10.0. The van der Waals surface area contributed by atoms with Crippen LogP contribution in [0.4, 0.5) is 13.6 Å². The normalized spacial score (nSPS) is 17.3. The molecule has 10 nitrogen and oxygen atoms in total. The molecule has 1 aromatic heterocycles. The Balaban J connectivity index is 1.40. The van der Waals surface area contributed by atoms with Gasteiger partial charge in [-0.25, -0.2) is 18.6 Å². The van der Waals surface area contributed by atoms with Crippen LogP contribution in [0.1, 0.15) is 49.9 Å². The van der Waals surface area contributed by atoms with E-state index < -0.39 is 59.4 Å². The standard InChI is InChI=1S/C39H43F2N3O7/c1-39(2,3)51-38(48)43-31(17-23-9-11-24(12-10-23)26-13-16-35(49-4)42-21-26)32(45)19-27(18-25-7-5-6-8-30(25)41)37(47)44-36-29-20-28(40)14-15-34(29)50-22-33(36)46/h5-16,20-21,27,31-33,36,45-46H,17-19,22H2,1-4H3,(H,43,48)(H,44,47)/t27-,31+,32+,33-,36+/m1/s1. The Bertz CT molecular complexity index is 1800. The van der Waals surface area contributed by atoms with E-state index in [1.54, 1.807) is 52.3 Å². The van der Waals surface area contributed by atoms with Crippen LogP contribution >= 0.6 is 0 Å². The van der Waals surface area contributed by atoms with Crippen molar-refractivity contribution in [1.29, 1.82) is 0 Å². The smallest absolute Gasteiger partial charge is 0.407 e. The molecule has 1 aliphatic heterocycles. The van der Waals surface area contributed by atoms with E-state index in [2.05, 4.69) is 15.6 Å². The molecule has 2 heterocycles. The number of alkyl carbamates (subject to hydrolysis) is 1. The number of pyridine rings is 1. The second kappa shape index (κ2) is 16.3. The highest BCUT2D eigenvalue weighted by Gasteiger charge is 2.35. The zero-order chi connectivity index (χ0) is 36.7. The maximum absolute atomic E-state index is 14.9. The molecule has 2 amide bonds. The minimum atomic E-state index is -1.31. The van der Waals surface area contributed by atoms with Crippen molar-refractivity contribution >= 4 is 12.0 Å². The number of fused-ring (bicyclic) bond motifs is 1. The van der Waals surface area contributed by atoms with Gasteiger partial charge in [0.2, 0.25) is 11.8 Å². The first-order valence-corrected chi connectivity index (χ1v) is 16.7. The molecule has 0 saturated heterocycles. The second-order valence-electron chi connectivity index (χ2n) is 13.6. The minimum absolute atomic E-state index is 0.103. The summed E-state index contributed by atoms with van der Waals surface area (Å²) in [7, 11) is 1.54. The van der Waals surface area contributed by atoms with Crippen molar-refractivity contribution in [3.63, 3.8) is 0 Å². The number of amides is 2. The zero-order valence-electron chi connectivity index (χ0n) is 28.9. The van der Waals surface area contributed by atoms with Gasteiger partial charge in [-0.15, -0.1) is 0 Å². The Morgan fingerprint density at radius 2 is 1.73 bits per heavy atom.